The molecule has 0 radical (unpaired) electrons. The van der Waals surface area contributed by atoms with Crippen molar-refractivity contribution in [3.8, 4) is 0 Å². The van der Waals surface area contributed by atoms with Gasteiger partial charge in [-0.15, -0.1) is 0 Å². The molecule has 0 unspecified atom stereocenters. The molecular formula is C4H5N3Se. The van der Waals surface area contributed by atoms with Crippen molar-refractivity contribution >= 4 is 19.1 Å². The molecule has 0 saturated carbocycles. The molecule has 0 aromatic carbocycles. The SMILES string of the molecule is N=NNc1ccc[se]1. The molecule has 0 atom stereocenters. The molecule has 2 N–H and O–H groups in total. The predicted molar refractivity (Wildman–Crippen MR) is 32.2 cm³/mol. The molecule has 42 valence electrons. The molecule has 0 bridgehead atoms. The molecular weight excluding hydrogens is 169 g/mol. The van der Waals surface area contributed by atoms with E-state index < -0.39 is 0 Å². The van der Waals surface area contributed by atoms with Crippen LogP contribution in [0, 0.1) is 5.53 Å². The summed E-state index contributed by atoms with van der Waals surface area (Å²) >= 11 is 0.393. The average molecular weight is 174 g/mol. The summed E-state index contributed by atoms with van der Waals surface area (Å²) in [5.41, 5.74) is 8.99. The molecule has 1 rings (SSSR count). The van der Waals surface area contributed by atoms with Gasteiger partial charge in [-0.3, -0.25) is 0 Å². The van der Waals surface area contributed by atoms with Gasteiger partial charge in [-0.25, -0.2) is 0 Å². The van der Waals surface area contributed by atoms with E-state index in [2.05, 4.69) is 15.6 Å². The Hall–Kier alpha value is -0.601. The Labute approximate surface area is 52.9 Å². The van der Waals surface area contributed by atoms with E-state index in [1.54, 1.807) is 0 Å². The van der Waals surface area contributed by atoms with Gasteiger partial charge in [0.25, 0.3) is 0 Å². The predicted octanol–water partition coefficient (Wildman–Crippen LogP) is 1.10. The zero-order valence-electron chi connectivity index (χ0n) is 4.09. The third-order valence-electron chi connectivity index (χ3n) is 0.687. The monoisotopic (exact) mass is 175 g/mol. The van der Waals surface area contributed by atoms with E-state index in [1.165, 1.54) is 0 Å². The molecule has 0 saturated heterocycles. The van der Waals surface area contributed by atoms with Crippen LogP contribution in [0.1, 0.15) is 0 Å². The topological polar surface area (TPSA) is 48.2 Å². The van der Waals surface area contributed by atoms with Gasteiger partial charge in [-0.2, -0.15) is 0 Å². The molecule has 0 spiro atoms. The first-order valence-corrected chi connectivity index (χ1v) is 3.94. The summed E-state index contributed by atoms with van der Waals surface area (Å²) in [5.74, 6) is 0. The van der Waals surface area contributed by atoms with Crippen molar-refractivity contribution in [3.63, 3.8) is 0 Å². The van der Waals surface area contributed by atoms with Crippen molar-refractivity contribution in [1.82, 2.24) is 0 Å². The van der Waals surface area contributed by atoms with E-state index >= 15 is 0 Å². The minimum absolute atomic E-state index is 0.393. The van der Waals surface area contributed by atoms with Gasteiger partial charge in [-0.1, -0.05) is 0 Å². The Bertz CT molecular complexity index is 158. The van der Waals surface area contributed by atoms with Gasteiger partial charge in [0.05, 0.1) is 0 Å². The molecule has 1 aromatic heterocycles. The number of hydrogen-bond acceptors (Lipinski definition) is 2. The van der Waals surface area contributed by atoms with Crippen LogP contribution in [0.4, 0.5) is 4.56 Å². The summed E-state index contributed by atoms with van der Waals surface area (Å²) in [6.45, 7) is 0. The van der Waals surface area contributed by atoms with Crippen LogP contribution in [-0.4, -0.2) is 14.5 Å². The van der Waals surface area contributed by atoms with Crippen LogP contribution in [0.25, 0.3) is 0 Å². The van der Waals surface area contributed by atoms with Crippen LogP contribution in [0.2, 0.25) is 0 Å². The zero-order valence-corrected chi connectivity index (χ0v) is 5.80. The Kier molecular flexibility index (Phi) is 1.83. The molecule has 8 heavy (non-hydrogen) atoms. The Balaban J connectivity index is 2.62. The van der Waals surface area contributed by atoms with Gasteiger partial charge in [0.1, 0.15) is 0 Å². The van der Waals surface area contributed by atoms with E-state index in [0.717, 1.165) is 4.56 Å². The summed E-state index contributed by atoms with van der Waals surface area (Å²) < 4.78 is 1.05. The zero-order chi connectivity index (χ0) is 5.82. The molecule has 0 fully saturated rings. The molecule has 0 amide bonds. The Morgan fingerprint density at radius 2 is 2.62 bits per heavy atom. The van der Waals surface area contributed by atoms with E-state index in [1.807, 2.05) is 12.1 Å². The van der Waals surface area contributed by atoms with E-state index in [-0.39, 0.29) is 0 Å². The standard InChI is InChI=1S/C4H5N3Se/c5-7-6-4-2-1-3-8-4/h1-3H,(H2,5,6). The second-order valence-electron chi connectivity index (χ2n) is 1.20. The van der Waals surface area contributed by atoms with E-state index in [0.29, 0.717) is 14.5 Å². The molecule has 0 aliphatic rings. The van der Waals surface area contributed by atoms with Crippen molar-refractivity contribution < 1.29 is 0 Å². The van der Waals surface area contributed by atoms with Crippen LogP contribution in [0.15, 0.2) is 22.3 Å². The fourth-order valence-corrected chi connectivity index (χ4v) is 1.57. The van der Waals surface area contributed by atoms with Crippen LogP contribution >= 0.6 is 0 Å². The molecule has 1 aromatic rings. The molecule has 4 heteroatoms. The minimum atomic E-state index is 0.393. The van der Waals surface area contributed by atoms with Crippen molar-refractivity contribution in [2.45, 2.75) is 0 Å². The molecule has 0 aliphatic heterocycles. The van der Waals surface area contributed by atoms with Crippen molar-refractivity contribution in [2.24, 2.45) is 5.22 Å². The van der Waals surface area contributed by atoms with Gasteiger partial charge in [0.2, 0.25) is 0 Å². The number of hydrogen-bond donors (Lipinski definition) is 2. The second-order valence-corrected chi connectivity index (χ2v) is 3.19. The fraction of sp³-hybridized carbons (Fsp3) is 0. The maximum absolute atomic E-state index is 6.42. The fourth-order valence-electron chi connectivity index (χ4n) is 0.397. The quantitative estimate of drug-likeness (QED) is 0.393. The van der Waals surface area contributed by atoms with E-state index in [9.17, 15) is 0 Å². The average Bonchev–Trinajstić information content (AvgIpc) is 2.19. The third-order valence-corrected chi connectivity index (χ3v) is 2.31. The van der Waals surface area contributed by atoms with Crippen LogP contribution in [0.5, 0.6) is 0 Å². The Morgan fingerprint density at radius 1 is 1.75 bits per heavy atom. The first-order chi connectivity index (χ1) is 3.93. The molecule has 0 aliphatic carbocycles. The molecule has 3 nitrogen and oxygen atoms in total. The van der Waals surface area contributed by atoms with Gasteiger partial charge in [0.15, 0.2) is 0 Å². The van der Waals surface area contributed by atoms with Gasteiger partial charge >= 0.3 is 52.3 Å². The second kappa shape index (κ2) is 2.64. The maximum atomic E-state index is 6.42. The van der Waals surface area contributed by atoms with Crippen molar-refractivity contribution in [3.05, 3.63) is 17.1 Å². The van der Waals surface area contributed by atoms with Gasteiger partial charge in [-0.05, 0) is 0 Å². The normalized spacial score (nSPS) is 8.50. The summed E-state index contributed by atoms with van der Waals surface area (Å²) in [5, 5.41) is 3.03. The third kappa shape index (κ3) is 1.18. The van der Waals surface area contributed by atoms with Crippen LogP contribution in [0.3, 0.4) is 0 Å². The van der Waals surface area contributed by atoms with Crippen LogP contribution in [-0.2, 0) is 0 Å². The van der Waals surface area contributed by atoms with Gasteiger partial charge in [0, 0.05) is 0 Å². The van der Waals surface area contributed by atoms with Gasteiger partial charge < -0.3 is 0 Å². The van der Waals surface area contributed by atoms with Crippen LogP contribution < -0.4 is 5.43 Å². The summed E-state index contributed by atoms with van der Waals surface area (Å²) in [6, 6.07) is 3.89. The first-order valence-electron chi connectivity index (χ1n) is 2.09. The Morgan fingerprint density at radius 3 is 3.12 bits per heavy atom. The first kappa shape index (κ1) is 5.53. The number of nitrogens with one attached hydrogen (secondary N) is 2. The summed E-state index contributed by atoms with van der Waals surface area (Å²) in [4.78, 5) is 2.07. The molecule has 1 heterocycles. The van der Waals surface area contributed by atoms with Crippen molar-refractivity contribution in [1.29, 1.82) is 5.53 Å². The van der Waals surface area contributed by atoms with Crippen molar-refractivity contribution in [2.75, 3.05) is 5.43 Å². The van der Waals surface area contributed by atoms with E-state index in [4.69, 9.17) is 5.53 Å². The summed E-state index contributed by atoms with van der Waals surface area (Å²) in [6.07, 6.45) is 0. The number of nitrogens with zero attached hydrogens (tertiary/aromatic N) is 1. The number of anilines is 1. The summed E-state index contributed by atoms with van der Waals surface area (Å²) in [7, 11) is 0. The number of rotatable bonds is 2.